The van der Waals surface area contributed by atoms with E-state index < -0.39 is 74.9 Å². The van der Waals surface area contributed by atoms with Crippen molar-refractivity contribution in [1.82, 2.24) is 4.90 Å². The fourth-order valence-corrected chi connectivity index (χ4v) is 9.33. The zero-order valence-corrected chi connectivity index (χ0v) is 30.9. The number of phenolic OH excluding ortho intramolecular Hbond substituents is 1. The summed E-state index contributed by atoms with van der Waals surface area (Å²) in [6, 6.07) is 16.4. The number of rotatable bonds is 7. The first-order valence-corrected chi connectivity index (χ1v) is 18.1. The quantitative estimate of drug-likeness (QED) is 0.0849. The minimum atomic E-state index is -5.10. The van der Waals surface area contributed by atoms with Gasteiger partial charge in [0.1, 0.15) is 11.5 Å². The highest BCUT2D eigenvalue weighted by atomic mass is 79.9. The molecule has 53 heavy (non-hydrogen) atoms. The molecule has 2 aliphatic carbocycles. The van der Waals surface area contributed by atoms with Gasteiger partial charge in [0.15, 0.2) is 9.75 Å². The first-order valence-electron chi connectivity index (χ1n) is 16.3. The molecule has 11 nitrogen and oxygen atoms in total. The number of aromatic hydroxyl groups is 1. The third-order valence-corrected chi connectivity index (χ3v) is 12.2. The van der Waals surface area contributed by atoms with Gasteiger partial charge in [0, 0.05) is 31.3 Å². The average molecular weight is 835 g/mol. The molecular weight excluding hydrogens is 806 g/mol. The summed E-state index contributed by atoms with van der Waals surface area (Å²) in [5.74, 6) is -8.66. The molecule has 2 heterocycles. The monoisotopic (exact) mass is 833 g/mol. The van der Waals surface area contributed by atoms with Crippen molar-refractivity contribution in [3.8, 4) is 11.5 Å². The van der Waals surface area contributed by atoms with E-state index >= 15 is 0 Å². The Hall–Kier alpha value is -4.47. The summed E-state index contributed by atoms with van der Waals surface area (Å²) in [5.41, 5.74) is 2.05. The van der Waals surface area contributed by atoms with Crippen LogP contribution in [-0.2, 0) is 19.2 Å². The fourth-order valence-electron chi connectivity index (χ4n) is 7.92. The zero-order valence-electron chi connectivity index (χ0n) is 27.9. The van der Waals surface area contributed by atoms with Crippen LogP contribution in [0.15, 0.2) is 88.6 Å². The predicted octanol–water partition coefficient (Wildman–Crippen LogP) is 7.69. The lowest BCUT2D eigenvalue weighted by Crippen LogP contribution is -2.60. The molecule has 2 aliphatic heterocycles. The number of hydrogen-bond acceptors (Lipinski definition) is 9. The molecule has 17 heteroatoms. The van der Waals surface area contributed by atoms with Crippen molar-refractivity contribution in [2.24, 2.45) is 28.0 Å². The van der Waals surface area contributed by atoms with Gasteiger partial charge in [-0.2, -0.15) is 10.2 Å². The summed E-state index contributed by atoms with van der Waals surface area (Å²) in [6.45, 7) is 0. The second-order valence-corrected chi connectivity index (χ2v) is 15.1. The largest absolute Gasteiger partial charge is 0.573 e. The van der Waals surface area contributed by atoms with Crippen LogP contribution >= 0.6 is 39.1 Å². The van der Waals surface area contributed by atoms with Crippen LogP contribution in [0.1, 0.15) is 24.3 Å². The molecule has 0 radical (unpaired) electrons. The minimum Gasteiger partial charge on any atom is -0.508 e. The maximum atomic E-state index is 14.3. The van der Waals surface area contributed by atoms with E-state index in [0.717, 1.165) is 33.7 Å². The molecule has 3 fully saturated rings. The van der Waals surface area contributed by atoms with Crippen LogP contribution in [0.5, 0.6) is 11.5 Å². The molecule has 2 saturated heterocycles. The van der Waals surface area contributed by atoms with E-state index in [9.17, 15) is 37.5 Å². The first kappa shape index (κ1) is 36.9. The average Bonchev–Trinajstić information content (AvgIpc) is 3.45. The van der Waals surface area contributed by atoms with E-state index in [0.29, 0.717) is 11.4 Å². The van der Waals surface area contributed by atoms with Crippen molar-refractivity contribution in [2.75, 3.05) is 29.3 Å². The highest BCUT2D eigenvalue weighted by Crippen LogP contribution is 2.66. The van der Waals surface area contributed by atoms with Gasteiger partial charge in [0.2, 0.25) is 11.8 Å². The second-order valence-electron chi connectivity index (χ2n) is 13.4. The van der Waals surface area contributed by atoms with Crippen molar-refractivity contribution in [1.29, 1.82) is 0 Å². The molecular formula is C36H29BrCl2F3N5O6. The Bertz CT molecular complexity index is 2100. The van der Waals surface area contributed by atoms with Crippen molar-refractivity contribution in [3.05, 3.63) is 83.9 Å². The lowest BCUT2D eigenvalue weighted by Gasteiger charge is -2.50. The van der Waals surface area contributed by atoms with Crippen LogP contribution < -0.4 is 14.5 Å². The third-order valence-electron chi connectivity index (χ3n) is 10.3. The molecule has 0 spiro atoms. The molecule has 3 aromatic rings. The van der Waals surface area contributed by atoms with Gasteiger partial charge in [0.05, 0.1) is 34.4 Å². The van der Waals surface area contributed by atoms with Crippen LogP contribution in [0.3, 0.4) is 0 Å². The van der Waals surface area contributed by atoms with E-state index in [2.05, 4.69) is 30.9 Å². The molecule has 276 valence electrons. The zero-order chi connectivity index (χ0) is 38.2. The van der Waals surface area contributed by atoms with Crippen molar-refractivity contribution >= 4 is 85.5 Å². The number of hydrogen-bond donors (Lipinski definition) is 1. The molecule has 7 rings (SSSR count). The third kappa shape index (κ3) is 5.87. The summed E-state index contributed by atoms with van der Waals surface area (Å²) < 4.78 is 43.9. The Kier molecular flexibility index (Phi) is 9.13. The summed E-state index contributed by atoms with van der Waals surface area (Å²) in [5, 5.41) is 19.6. The Labute approximate surface area is 319 Å². The number of benzene rings is 3. The normalized spacial score (nSPS) is 28.3. The molecule has 4 aliphatic rings. The summed E-state index contributed by atoms with van der Waals surface area (Å²) >= 11 is 17.4. The molecule has 1 saturated carbocycles. The van der Waals surface area contributed by atoms with Crippen LogP contribution in [0.2, 0.25) is 0 Å². The molecule has 0 unspecified atom stereocenters. The summed E-state index contributed by atoms with van der Waals surface area (Å²) in [6.07, 6.45) is -3.84. The van der Waals surface area contributed by atoms with E-state index in [4.69, 9.17) is 23.2 Å². The van der Waals surface area contributed by atoms with E-state index in [1.807, 2.05) is 43.3 Å². The van der Waals surface area contributed by atoms with Gasteiger partial charge >= 0.3 is 6.36 Å². The minimum absolute atomic E-state index is 0.000956. The summed E-state index contributed by atoms with van der Waals surface area (Å²) in [4.78, 5) is 55.3. The fraction of sp³-hybridized carbons (Fsp3) is 0.333. The Morgan fingerprint density at radius 1 is 0.925 bits per heavy atom. The van der Waals surface area contributed by atoms with E-state index in [-0.39, 0.29) is 35.1 Å². The predicted molar refractivity (Wildman–Crippen MR) is 192 cm³/mol. The molecule has 3 aromatic carbocycles. The van der Waals surface area contributed by atoms with Crippen LogP contribution in [0, 0.1) is 17.8 Å². The number of nitrogens with zero attached hydrogens (tertiary/aromatic N) is 5. The SMILES string of the molecule is CN(C)c1ccc(N=Nc2ccc(N3C(=O)[C@H]4[C@H](CC=C5[C@H]4C[C@@]4(Cl)C(=O)N(CBr)C(=O)[C@@]4(Cl)[C@H]5c4cc(OC(F)(F)F)ccc4O)C3=O)cc2)cc1. The van der Waals surface area contributed by atoms with Crippen molar-refractivity contribution < 1.29 is 42.2 Å². The highest BCUT2D eigenvalue weighted by Gasteiger charge is 2.76. The maximum Gasteiger partial charge on any atom is 0.573 e. The second kappa shape index (κ2) is 13.1. The molecule has 0 bridgehead atoms. The van der Waals surface area contributed by atoms with Gasteiger partial charge in [0.25, 0.3) is 11.8 Å². The number of fused-ring (bicyclic) bond motifs is 4. The maximum absolute atomic E-state index is 14.3. The molecule has 6 atom stereocenters. The van der Waals surface area contributed by atoms with Crippen LogP contribution in [0.25, 0.3) is 0 Å². The number of carbonyl (C=O) groups is 4. The number of anilines is 2. The number of carbonyl (C=O) groups excluding carboxylic acids is 4. The molecule has 0 aromatic heterocycles. The number of phenols is 1. The number of allylic oxidation sites excluding steroid dienone is 2. The number of amides is 4. The summed E-state index contributed by atoms with van der Waals surface area (Å²) in [7, 11) is 3.84. The first-order chi connectivity index (χ1) is 25.0. The number of azo groups is 1. The van der Waals surface area contributed by atoms with Crippen LogP contribution in [-0.4, -0.2) is 69.3 Å². The van der Waals surface area contributed by atoms with Gasteiger partial charge < -0.3 is 14.7 Å². The number of alkyl halides is 6. The Balaban J connectivity index is 1.24. The lowest BCUT2D eigenvalue weighted by molar-refractivity contribution is -0.274. The van der Waals surface area contributed by atoms with Gasteiger partial charge in [-0.15, -0.1) is 36.4 Å². The van der Waals surface area contributed by atoms with E-state index in [1.165, 1.54) is 0 Å². The standard InChI is InChI=1S/C36H29BrCl2F3N5O6/c1-45(2)20-7-3-18(4-8-20)43-44-19-5-9-21(10-6-19)47-30(49)24-13-12-23-26(28(24)31(47)50)16-34(38)32(51)46(17-37)33(52)35(34,39)29(23)25-15-22(11-14-27(25)48)53-36(40,41)42/h3-12,14-15,24,26,28-29,48H,13,16-17H2,1-2H3/t24-,26+,28-,29+,34+,35-/m0/s1. The smallest absolute Gasteiger partial charge is 0.508 e. The van der Waals surface area contributed by atoms with Gasteiger partial charge in [-0.3, -0.25) is 29.0 Å². The molecule has 1 N–H and O–H groups in total. The number of likely N-dealkylation sites (tertiary alicyclic amines) is 1. The van der Waals surface area contributed by atoms with Gasteiger partial charge in [-0.05, 0) is 85.5 Å². The Morgan fingerprint density at radius 2 is 1.55 bits per heavy atom. The number of halogens is 6. The topological polar surface area (TPSA) is 132 Å². The molecule has 4 amide bonds. The van der Waals surface area contributed by atoms with Gasteiger partial charge in [-0.25, -0.2) is 0 Å². The Morgan fingerprint density at radius 3 is 2.13 bits per heavy atom. The number of imide groups is 2. The van der Waals surface area contributed by atoms with Gasteiger partial charge in [-0.1, -0.05) is 27.6 Å². The lowest BCUT2D eigenvalue weighted by atomic mass is 9.56. The highest BCUT2D eigenvalue weighted by molar-refractivity contribution is 9.09. The van der Waals surface area contributed by atoms with Crippen molar-refractivity contribution in [2.45, 2.75) is 34.9 Å². The van der Waals surface area contributed by atoms with Crippen LogP contribution in [0.4, 0.5) is 35.9 Å². The van der Waals surface area contributed by atoms with Crippen molar-refractivity contribution in [3.63, 3.8) is 0 Å². The van der Waals surface area contributed by atoms with E-state index in [1.54, 1.807) is 30.3 Å². The number of ether oxygens (including phenoxy) is 1.